The minimum atomic E-state index is -0.861. The lowest BCUT2D eigenvalue weighted by atomic mass is 10.2. The topological polar surface area (TPSA) is 42.0 Å². The van der Waals surface area contributed by atoms with Crippen molar-refractivity contribution in [3.8, 4) is 0 Å². The second kappa shape index (κ2) is 6.49. The predicted molar refractivity (Wildman–Crippen MR) is 80.6 cm³/mol. The average Bonchev–Trinajstić information content (AvgIpc) is 2.43. The van der Waals surface area contributed by atoms with E-state index in [1.807, 2.05) is 6.92 Å². The Morgan fingerprint density at radius 1 is 1.29 bits per heavy atom. The molecule has 1 aromatic heterocycles. The van der Waals surface area contributed by atoms with Crippen LogP contribution in [0.3, 0.4) is 0 Å². The molecule has 0 saturated heterocycles. The number of carbonyl (C=O) groups is 1. The molecular weight excluding hydrogens is 366 g/mol. The van der Waals surface area contributed by atoms with Crippen LogP contribution in [0.15, 0.2) is 28.7 Å². The molecule has 0 saturated carbocycles. The van der Waals surface area contributed by atoms with Gasteiger partial charge >= 0.3 is 0 Å². The standard InChI is InChI=1S/C14H10BrClF2N2O/c1-2-8-3-7(4-13(16)19-8)14(21)20-12-5-9(15)10(17)6-11(12)18/h3-6H,2H2,1H3,(H,20,21). The van der Waals surface area contributed by atoms with Crippen LogP contribution in [-0.2, 0) is 6.42 Å². The molecule has 3 nitrogen and oxygen atoms in total. The number of aryl methyl sites for hydroxylation is 1. The van der Waals surface area contributed by atoms with Gasteiger partial charge in [-0.15, -0.1) is 0 Å². The van der Waals surface area contributed by atoms with E-state index in [0.29, 0.717) is 18.2 Å². The first-order chi connectivity index (χ1) is 9.90. The molecule has 1 heterocycles. The van der Waals surface area contributed by atoms with Gasteiger partial charge < -0.3 is 5.32 Å². The fourth-order valence-electron chi connectivity index (χ4n) is 1.68. The first kappa shape index (κ1) is 15.9. The molecule has 0 spiro atoms. The van der Waals surface area contributed by atoms with E-state index >= 15 is 0 Å². The molecule has 21 heavy (non-hydrogen) atoms. The van der Waals surface area contributed by atoms with Gasteiger partial charge in [-0.3, -0.25) is 4.79 Å². The SMILES string of the molecule is CCc1cc(C(=O)Nc2cc(Br)c(F)cc2F)cc(Cl)n1. The molecule has 0 fully saturated rings. The molecule has 0 atom stereocenters. The van der Waals surface area contributed by atoms with Gasteiger partial charge in [0, 0.05) is 17.3 Å². The highest BCUT2D eigenvalue weighted by molar-refractivity contribution is 9.10. The summed E-state index contributed by atoms with van der Waals surface area (Å²) >= 11 is 8.77. The van der Waals surface area contributed by atoms with Crippen molar-refractivity contribution < 1.29 is 13.6 Å². The normalized spacial score (nSPS) is 10.5. The summed E-state index contributed by atoms with van der Waals surface area (Å²) in [6.07, 6.45) is 0.608. The van der Waals surface area contributed by atoms with E-state index in [4.69, 9.17) is 11.6 Å². The van der Waals surface area contributed by atoms with Crippen LogP contribution in [0.25, 0.3) is 0 Å². The van der Waals surface area contributed by atoms with Crippen LogP contribution >= 0.6 is 27.5 Å². The van der Waals surface area contributed by atoms with E-state index in [0.717, 1.165) is 6.07 Å². The van der Waals surface area contributed by atoms with E-state index < -0.39 is 17.5 Å². The third-order valence-corrected chi connectivity index (χ3v) is 3.53. The summed E-state index contributed by atoms with van der Waals surface area (Å²) in [5.74, 6) is -2.16. The molecule has 7 heteroatoms. The average molecular weight is 376 g/mol. The van der Waals surface area contributed by atoms with Crippen LogP contribution < -0.4 is 5.32 Å². The Hall–Kier alpha value is -1.53. The summed E-state index contributed by atoms with van der Waals surface area (Å²) in [6.45, 7) is 1.87. The van der Waals surface area contributed by atoms with Gasteiger partial charge in [0.2, 0.25) is 0 Å². The largest absolute Gasteiger partial charge is 0.319 e. The lowest BCUT2D eigenvalue weighted by Crippen LogP contribution is -2.14. The number of hydrogen-bond donors (Lipinski definition) is 1. The Kier molecular flexibility index (Phi) is 4.90. The fourth-order valence-corrected chi connectivity index (χ4v) is 2.25. The number of benzene rings is 1. The fraction of sp³-hybridized carbons (Fsp3) is 0.143. The smallest absolute Gasteiger partial charge is 0.255 e. The summed E-state index contributed by atoms with van der Waals surface area (Å²) in [4.78, 5) is 16.1. The van der Waals surface area contributed by atoms with Crippen LogP contribution in [0.5, 0.6) is 0 Å². The van der Waals surface area contributed by atoms with E-state index in [1.54, 1.807) is 6.07 Å². The molecule has 0 aliphatic heterocycles. The van der Waals surface area contributed by atoms with E-state index in [-0.39, 0.29) is 20.9 Å². The molecule has 0 unspecified atom stereocenters. The van der Waals surface area contributed by atoms with E-state index in [9.17, 15) is 13.6 Å². The van der Waals surface area contributed by atoms with Crippen LogP contribution in [-0.4, -0.2) is 10.9 Å². The lowest BCUT2D eigenvalue weighted by molar-refractivity contribution is 0.102. The van der Waals surface area contributed by atoms with Crippen LogP contribution in [0.2, 0.25) is 5.15 Å². The van der Waals surface area contributed by atoms with Gasteiger partial charge in [0.15, 0.2) is 0 Å². The first-order valence-electron chi connectivity index (χ1n) is 6.03. The van der Waals surface area contributed by atoms with Gasteiger partial charge in [-0.1, -0.05) is 18.5 Å². The van der Waals surface area contributed by atoms with Crippen molar-refractivity contribution >= 4 is 39.1 Å². The minimum Gasteiger partial charge on any atom is -0.319 e. The molecular formula is C14H10BrClF2N2O. The highest BCUT2D eigenvalue weighted by Gasteiger charge is 2.14. The van der Waals surface area contributed by atoms with Crippen molar-refractivity contribution in [2.45, 2.75) is 13.3 Å². The molecule has 1 aromatic carbocycles. The molecule has 0 aliphatic rings. The summed E-state index contributed by atoms with van der Waals surface area (Å²) in [5, 5.41) is 2.56. The van der Waals surface area contributed by atoms with E-state index in [1.165, 1.54) is 6.07 Å². The molecule has 2 rings (SSSR count). The van der Waals surface area contributed by atoms with Gasteiger partial charge in [0.25, 0.3) is 5.91 Å². The summed E-state index contributed by atoms with van der Waals surface area (Å²) in [6, 6.07) is 4.80. The number of carbonyl (C=O) groups excluding carboxylic acids is 1. The maximum atomic E-state index is 13.6. The quantitative estimate of drug-likeness (QED) is 0.630. The number of rotatable bonds is 3. The molecule has 1 N–H and O–H groups in total. The Morgan fingerprint density at radius 2 is 2.00 bits per heavy atom. The molecule has 0 bridgehead atoms. The zero-order valence-corrected chi connectivity index (χ0v) is 13.2. The van der Waals surface area contributed by atoms with E-state index in [2.05, 4.69) is 26.2 Å². The van der Waals surface area contributed by atoms with Gasteiger partial charge in [-0.25, -0.2) is 13.8 Å². The van der Waals surface area contributed by atoms with Crippen molar-refractivity contribution in [2.75, 3.05) is 5.32 Å². The second-order valence-electron chi connectivity index (χ2n) is 4.22. The molecule has 0 aliphatic carbocycles. The number of nitrogens with one attached hydrogen (secondary N) is 1. The number of pyridine rings is 1. The Morgan fingerprint density at radius 3 is 2.67 bits per heavy atom. The van der Waals surface area contributed by atoms with Gasteiger partial charge in [-0.2, -0.15) is 0 Å². The van der Waals surface area contributed by atoms with Crippen molar-refractivity contribution in [1.29, 1.82) is 0 Å². The number of hydrogen-bond acceptors (Lipinski definition) is 2. The second-order valence-corrected chi connectivity index (χ2v) is 5.47. The monoisotopic (exact) mass is 374 g/mol. The van der Waals surface area contributed by atoms with Crippen LogP contribution in [0, 0.1) is 11.6 Å². The van der Waals surface area contributed by atoms with Gasteiger partial charge in [0.05, 0.1) is 10.2 Å². The number of halogens is 4. The zero-order chi connectivity index (χ0) is 15.6. The number of amides is 1. The van der Waals surface area contributed by atoms with Crippen molar-refractivity contribution in [3.05, 3.63) is 56.8 Å². The molecule has 0 radical (unpaired) electrons. The third kappa shape index (κ3) is 3.77. The maximum Gasteiger partial charge on any atom is 0.255 e. The molecule has 1 amide bonds. The van der Waals surface area contributed by atoms with Gasteiger partial charge in [0.1, 0.15) is 16.8 Å². The number of anilines is 1. The molecule has 2 aromatic rings. The first-order valence-corrected chi connectivity index (χ1v) is 7.20. The Labute approximate surface area is 133 Å². The zero-order valence-electron chi connectivity index (χ0n) is 10.9. The number of nitrogens with zero attached hydrogens (tertiary/aromatic N) is 1. The lowest BCUT2D eigenvalue weighted by Gasteiger charge is -2.09. The Bertz CT molecular complexity index is 710. The summed E-state index contributed by atoms with van der Waals surface area (Å²) in [5.41, 5.74) is 0.777. The summed E-state index contributed by atoms with van der Waals surface area (Å²) < 4.78 is 26.8. The Balaban J connectivity index is 2.30. The van der Waals surface area contributed by atoms with Crippen LogP contribution in [0.1, 0.15) is 23.0 Å². The number of aromatic nitrogens is 1. The van der Waals surface area contributed by atoms with Crippen LogP contribution in [0.4, 0.5) is 14.5 Å². The predicted octanol–water partition coefficient (Wildman–Crippen LogP) is 4.59. The van der Waals surface area contributed by atoms with Crippen molar-refractivity contribution in [1.82, 2.24) is 4.98 Å². The summed E-state index contributed by atoms with van der Waals surface area (Å²) in [7, 11) is 0. The van der Waals surface area contributed by atoms with Crippen molar-refractivity contribution in [2.24, 2.45) is 0 Å². The van der Waals surface area contributed by atoms with Crippen molar-refractivity contribution in [3.63, 3.8) is 0 Å². The highest BCUT2D eigenvalue weighted by Crippen LogP contribution is 2.24. The maximum absolute atomic E-state index is 13.6. The third-order valence-electron chi connectivity index (χ3n) is 2.73. The van der Waals surface area contributed by atoms with Gasteiger partial charge in [-0.05, 0) is 40.5 Å². The highest BCUT2D eigenvalue weighted by atomic mass is 79.9. The molecule has 110 valence electrons. The minimum absolute atomic E-state index is 0.0567.